The van der Waals surface area contributed by atoms with Gasteiger partial charge in [-0.3, -0.25) is 4.79 Å². The highest BCUT2D eigenvalue weighted by atomic mass is 19.1. The molecular weight excluding hydrogens is 231 g/mol. The summed E-state index contributed by atoms with van der Waals surface area (Å²) in [5.74, 6) is -0.143. The quantitative estimate of drug-likeness (QED) is 0.730. The van der Waals surface area contributed by atoms with Gasteiger partial charge in [0.15, 0.2) is 0 Å². The van der Waals surface area contributed by atoms with Gasteiger partial charge >= 0.3 is 0 Å². The maximum atomic E-state index is 12.9. The zero-order valence-corrected chi connectivity index (χ0v) is 11.1. The SMILES string of the molecule is CCCNC(=O)CCNCc1ccc(F)cc1C. The van der Waals surface area contributed by atoms with Gasteiger partial charge in [-0.25, -0.2) is 4.39 Å². The van der Waals surface area contributed by atoms with Crippen molar-refractivity contribution in [3.63, 3.8) is 0 Å². The third kappa shape index (κ3) is 5.27. The van der Waals surface area contributed by atoms with Crippen molar-refractivity contribution in [2.24, 2.45) is 0 Å². The van der Waals surface area contributed by atoms with Crippen molar-refractivity contribution in [2.45, 2.75) is 33.2 Å². The largest absolute Gasteiger partial charge is 0.356 e. The van der Waals surface area contributed by atoms with Gasteiger partial charge in [0.05, 0.1) is 0 Å². The fraction of sp³-hybridized carbons (Fsp3) is 0.500. The molecule has 1 aromatic carbocycles. The minimum Gasteiger partial charge on any atom is -0.356 e. The molecule has 0 bridgehead atoms. The Labute approximate surface area is 108 Å². The zero-order chi connectivity index (χ0) is 13.4. The van der Waals surface area contributed by atoms with E-state index in [1.807, 2.05) is 13.8 Å². The molecule has 1 amide bonds. The molecule has 0 heterocycles. The van der Waals surface area contributed by atoms with E-state index < -0.39 is 0 Å². The molecule has 0 unspecified atom stereocenters. The Kier molecular flexibility index (Phi) is 6.36. The number of hydrogen-bond acceptors (Lipinski definition) is 2. The summed E-state index contributed by atoms with van der Waals surface area (Å²) < 4.78 is 12.9. The van der Waals surface area contributed by atoms with E-state index in [1.165, 1.54) is 12.1 Å². The Morgan fingerprint density at radius 2 is 2.11 bits per heavy atom. The van der Waals surface area contributed by atoms with Crippen LogP contribution in [0.2, 0.25) is 0 Å². The van der Waals surface area contributed by atoms with Crippen LogP contribution in [0, 0.1) is 12.7 Å². The predicted octanol–water partition coefficient (Wildman–Crippen LogP) is 2.14. The first-order valence-corrected chi connectivity index (χ1v) is 6.36. The monoisotopic (exact) mass is 252 g/mol. The summed E-state index contributed by atoms with van der Waals surface area (Å²) in [7, 11) is 0. The van der Waals surface area contributed by atoms with Gasteiger partial charge in [0.2, 0.25) is 5.91 Å². The van der Waals surface area contributed by atoms with Gasteiger partial charge < -0.3 is 10.6 Å². The van der Waals surface area contributed by atoms with Gasteiger partial charge in [-0.2, -0.15) is 0 Å². The average Bonchev–Trinajstić information content (AvgIpc) is 2.34. The molecule has 0 fully saturated rings. The number of rotatable bonds is 7. The van der Waals surface area contributed by atoms with Crippen molar-refractivity contribution in [1.82, 2.24) is 10.6 Å². The molecule has 3 nitrogen and oxygen atoms in total. The van der Waals surface area contributed by atoms with Crippen molar-refractivity contribution in [1.29, 1.82) is 0 Å². The van der Waals surface area contributed by atoms with Gasteiger partial charge in [0, 0.05) is 26.1 Å². The summed E-state index contributed by atoms with van der Waals surface area (Å²) >= 11 is 0. The van der Waals surface area contributed by atoms with E-state index in [4.69, 9.17) is 0 Å². The lowest BCUT2D eigenvalue weighted by Crippen LogP contribution is -2.28. The van der Waals surface area contributed by atoms with Gasteiger partial charge in [0.1, 0.15) is 5.82 Å². The van der Waals surface area contributed by atoms with Crippen molar-refractivity contribution >= 4 is 5.91 Å². The molecular formula is C14H21FN2O. The lowest BCUT2D eigenvalue weighted by Gasteiger charge is -2.08. The number of benzene rings is 1. The topological polar surface area (TPSA) is 41.1 Å². The van der Waals surface area contributed by atoms with E-state index in [9.17, 15) is 9.18 Å². The van der Waals surface area contributed by atoms with E-state index in [-0.39, 0.29) is 11.7 Å². The first-order chi connectivity index (χ1) is 8.63. The average molecular weight is 252 g/mol. The molecule has 0 aliphatic heterocycles. The Bertz CT molecular complexity index is 393. The summed E-state index contributed by atoms with van der Waals surface area (Å²) in [6.07, 6.45) is 1.42. The molecule has 0 saturated carbocycles. The molecule has 0 radical (unpaired) electrons. The molecule has 0 aliphatic rings. The van der Waals surface area contributed by atoms with E-state index >= 15 is 0 Å². The van der Waals surface area contributed by atoms with E-state index in [2.05, 4.69) is 10.6 Å². The van der Waals surface area contributed by atoms with E-state index in [1.54, 1.807) is 6.07 Å². The van der Waals surface area contributed by atoms with Crippen LogP contribution in [0.3, 0.4) is 0 Å². The highest BCUT2D eigenvalue weighted by Crippen LogP contribution is 2.09. The van der Waals surface area contributed by atoms with Crippen LogP contribution in [0.15, 0.2) is 18.2 Å². The number of aryl methyl sites for hydroxylation is 1. The highest BCUT2D eigenvalue weighted by molar-refractivity contribution is 5.75. The van der Waals surface area contributed by atoms with Crippen molar-refractivity contribution < 1.29 is 9.18 Å². The number of carbonyl (C=O) groups excluding carboxylic acids is 1. The molecule has 0 atom stereocenters. The van der Waals surface area contributed by atoms with Gasteiger partial charge in [0.25, 0.3) is 0 Å². The summed E-state index contributed by atoms with van der Waals surface area (Å²) in [6, 6.07) is 4.75. The second-order valence-electron chi connectivity index (χ2n) is 4.35. The number of halogens is 1. The van der Waals surface area contributed by atoms with Gasteiger partial charge in [-0.1, -0.05) is 13.0 Å². The maximum Gasteiger partial charge on any atom is 0.221 e. The lowest BCUT2D eigenvalue weighted by atomic mass is 10.1. The van der Waals surface area contributed by atoms with Crippen molar-refractivity contribution in [3.8, 4) is 0 Å². The molecule has 0 saturated heterocycles. The van der Waals surface area contributed by atoms with Gasteiger partial charge in [-0.15, -0.1) is 0 Å². The van der Waals surface area contributed by atoms with Crippen LogP contribution in [-0.2, 0) is 11.3 Å². The molecule has 100 valence electrons. The standard InChI is InChI=1S/C14H21FN2O/c1-3-7-17-14(18)6-8-16-10-12-4-5-13(15)9-11(12)2/h4-5,9,16H,3,6-8,10H2,1-2H3,(H,17,18). The third-order valence-electron chi connectivity index (χ3n) is 2.72. The highest BCUT2D eigenvalue weighted by Gasteiger charge is 2.01. The number of hydrogen-bond donors (Lipinski definition) is 2. The van der Waals surface area contributed by atoms with Crippen LogP contribution in [0.4, 0.5) is 4.39 Å². The number of amides is 1. The fourth-order valence-corrected chi connectivity index (χ4v) is 1.64. The summed E-state index contributed by atoms with van der Waals surface area (Å²) in [6.45, 7) is 5.93. The van der Waals surface area contributed by atoms with Crippen LogP contribution in [-0.4, -0.2) is 19.0 Å². The molecule has 18 heavy (non-hydrogen) atoms. The predicted molar refractivity (Wildman–Crippen MR) is 70.8 cm³/mol. The Morgan fingerprint density at radius 3 is 2.78 bits per heavy atom. The van der Waals surface area contributed by atoms with Crippen molar-refractivity contribution in [3.05, 3.63) is 35.1 Å². The van der Waals surface area contributed by atoms with E-state index in [0.29, 0.717) is 19.5 Å². The van der Waals surface area contributed by atoms with Crippen LogP contribution in [0.25, 0.3) is 0 Å². The Balaban J connectivity index is 2.23. The molecule has 2 N–H and O–H groups in total. The summed E-state index contributed by atoms with van der Waals surface area (Å²) in [5, 5.41) is 6.01. The van der Waals surface area contributed by atoms with Gasteiger partial charge in [-0.05, 0) is 36.6 Å². The molecule has 1 aromatic rings. The van der Waals surface area contributed by atoms with Crippen molar-refractivity contribution in [2.75, 3.05) is 13.1 Å². The van der Waals surface area contributed by atoms with Crippen LogP contribution in [0.1, 0.15) is 30.9 Å². The van der Waals surface area contributed by atoms with Crippen LogP contribution < -0.4 is 10.6 Å². The minimum atomic E-state index is -0.213. The number of carbonyl (C=O) groups is 1. The first-order valence-electron chi connectivity index (χ1n) is 6.36. The maximum absolute atomic E-state index is 12.9. The Hall–Kier alpha value is -1.42. The second kappa shape index (κ2) is 7.82. The smallest absolute Gasteiger partial charge is 0.221 e. The second-order valence-corrected chi connectivity index (χ2v) is 4.35. The van der Waals surface area contributed by atoms with E-state index in [0.717, 1.165) is 24.1 Å². The molecule has 4 heteroatoms. The zero-order valence-electron chi connectivity index (χ0n) is 11.1. The Morgan fingerprint density at radius 1 is 1.33 bits per heavy atom. The third-order valence-corrected chi connectivity index (χ3v) is 2.72. The summed E-state index contributed by atoms with van der Waals surface area (Å²) in [5.41, 5.74) is 1.99. The molecule has 1 rings (SSSR count). The van der Waals surface area contributed by atoms with Crippen LogP contribution in [0.5, 0.6) is 0 Å². The molecule has 0 aliphatic carbocycles. The normalized spacial score (nSPS) is 10.4. The first kappa shape index (κ1) is 14.6. The summed E-state index contributed by atoms with van der Waals surface area (Å²) in [4.78, 5) is 11.3. The fourth-order valence-electron chi connectivity index (χ4n) is 1.64. The lowest BCUT2D eigenvalue weighted by molar-refractivity contribution is -0.120. The molecule has 0 spiro atoms. The number of nitrogens with one attached hydrogen (secondary N) is 2. The minimum absolute atomic E-state index is 0.0696. The molecule has 0 aromatic heterocycles. The van der Waals surface area contributed by atoms with Crippen LogP contribution >= 0.6 is 0 Å².